The first-order valence-electron chi connectivity index (χ1n) is 6.06. The highest BCUT2D eigenvalue weighted by Gasteiger charge is 2.28. The number of hydrogen-bond donors (Lipinski definition) is 1. The molecule has 1 fully saturated rings. The Morgan fingerprint density at radius 2 is 2.40 bits per heavy atom. The van der Waals surface area contributed by atoms with Gasteiger partial charge in [-0.1, -0.05) is 6.92 Å². The molecule has 84 valence electrons. The van der Waals surface area contributed by atoms with Crippen molar-refractivity contribution in [2.75, 3.05) is 6.54 Å². The molecular formula is C12H21N3. The highest BCUT2D eigenvalue weighted by atomic mass is 15.3. The maximum Gasteiger partial charge on any atom is 0.0672 e. The fraction of sp³-hybridized carbons (Fsp3) is 0.750. The third-order valence-corrected chi connectivity index (χ3v) is 3.22. The lowest BCUT2D eigenvalue weighted by Crippen LogP contribution is -2.34. The Labute approximate surface area is 91.9 Å². The molecule has 0 bridgehead atoms. The van der Waals surface area contributed by atoms with Crippen LogP contribution in [0, 0.1) is 6.92 Å². The van der Waals surface area contributed by atoms with Crippen molar-refractivity contribution < 1.29 is 0 Å². The number of aryl methyl sites for hydroxylation is 1. The van der Waals surface area contributed by atoms with E-state index in [0.29, 0.717) is 12.1 Å². The minimum absolute atomic E-state index is 0.574. The van der Waals surface area contributed by atoms with Crippen molar-refractivity contribution in [2.45, 2.75) is 51.6 Å². The van der Waals surface area contributed by atoms with Crippen molar-refractivity contribution >= 4 is 0 Å². The second-order valence-corrected chi connectivity index (χ2v) is 4.50. The second kappa shape index (κ2) is 4.79. The Morgan fingerprint density at radius 3 is 3.07 bits per heavy atom. The molecule has 0 radical (unpaired) electrons. The maximum atomic E-state index is 4.53. The molecule has 1 aliphatic rings. The summed E-state index contributed by atoms with van der Waals surface area (Å²) in [6.45, 7) is 5.40. The van der Waals surface area contributed by atoms with Crippen molar-refractivity contribution in [3.63, 3.8) is 0 Å². The predicted octanol–water partition coefficient (Wildman–Crippen LogP) is 2.28. The third kappa shape index (κ3) is 2.40. The lowest BCUT2D eigenvalue weighted by molar-refractivity contribution is 0.365. The lowest BCUT2D eigenvalue weighted by Gasteiger charge is -2.21. The molecule has 1 aromatic heterocycles. The lowest BCUT2D eigenvalue weighted by atomic mass is 10.2. The molecule has 1 aromatic rings. The Kier molecular flexibility index (Phi) is 3.41. The van der Waals surface area contributed by atoms with Gasteiger partial charge in [-0.05, 0) is 45.2 Å². The van der Waals surface area contributed by atoms with E-state index in [-0.39, 0.29) is 0 Å². The third-order valence-electron chi connectivity index (χ3n) is 3.22. The summed E-state index contributed by atoms with van der Waals surface area (Å²) in [5, 5.41) is 8.16. The monoisotopic (exact) mass is 207 g/mol. The van der Waals surface area contributed by atoms with E-state index in [1.54, 1.807) is 0 Å². The summed E-state index contributed by atoms with van der Waals surface area (Å²) < 4.78 is 2.15. The number of aromatic nitrogens is 2. The van der Waals surface area contributed by atoms with Crippen LogP contribution in [-0.4, -0.2) is 22.4 Å². The second-order valence-electron chi connectivity index (χ2n) is 4.50. The van der Waals surface area contributed by atoms with Crippen LogP contribution in [0.1, 0.15) is 44.3 Å². The van der Waals surface area contributed by atoms with Gasteiger partial charge < -0.3 is 5.32 Å². The van der Waals surface area contributed by atoms with Gasteiger partial charge in [0.2, 0.25) is 0 Å². The van der Waals surface area contributed by atoms with Crippen molar-refractivity contribution in [3.8, 4) is 0 Å². The molecule has 0 spiro atoms. The molecule has 3 heteroatoms. The molecule has 0 amide bonds. The molecular weight excluding hydrogens is 186 g/mol. The first kappa shape index (κ1) is 10.7. The Balaban J connectivity index is 2.01. The fourth-order valence-corrected chi connectivity index (χ4v) is 2.44. The highest BCUT2D eigenvalue weighted by molar-refractivity contribution is 4.98. The van der Waals surface area contributed by atoms with Crippen LogP contribution in [0.25, 0.3) is 0 Å². The minimum Gasteiger partial charge on any atom is -0.312 e. The first-order chi connectivity index (χ1) is 7.31. The zero-order valence-corrected chi connectivity index (χ0v) is 9.74. The quantitative estimate of drug-likeness (QED) is 0.821. The van der Waals surface area contributed by atoms with Gasteiger partial charge in [0.15, 0.2) is 0 Å². The topological polar surface area (TPSA) is 29.9 Å². The van der Waals surface area contributed by atoms with Crippen LogP contribution in [0.5, 0.6) is 0 Å². The van der Waals surface area contributed by atoms with Crippen LogP contribution in [0.4, 0.5) is 0 Å². The zero-order valence-electron chi connectivity index (χ0n) is 9.74. The van der Waals surface area contributed by atoms with Crippen LogP contribution >= 0.6 is 0 Å². The van der Waals surface area contributed by atoms with Gasteiger partial charge in [0.25, 0.3) is 0 Å². The molecule has 2 rings (SSSR count). The summed E-state index contributed by atoms with van der Waals surface area (Å²) in [6.07, 6.45) is 7.21. The Hall–Kier alpha value is -0.830. The van der Waals surface area contributed by atoms with E-state index in [4.69, 9.17) is 0 Å². The number of nitrogens with zero attached hydrogens (tertiary/aromatic N) is 2. The van der Waals surface area contributed by atoms with E-state index >= 15 is 0 Å². The highest BCUT2D eigenvalue weighted by Crippen LogP contribution is 2.29. The number of hydrogen-bond acceptors (Lipinski definition) is 2. The van der Waals surface area contributed by atoms with Crippen LogP contribution < -0.4 is 5.32 Å². The van der Waals surface area contributed by atoms with Crippen molar-refractivity contribution in [1.29, 1.82) is 0 Å². The summed E-state index contributed by atoms with van der Waals surface area (Å²) in [7, 11) is 0. The fourth-order valence-electron chi connectivity index (χ4n) is 2.44. The summed E-state index contributed by atoms with van der Waals surface area (Å²) in [5.41, 5.74) is 1.12. The average Bonchev–Trinajstić information content (AvgIpc) is 2.82. The first-order valence-corrected chi connectivity index (χ1v) is 6.06. The van der Waals surface area contributed by atoms with Gasteiger partial charge in [-0.2, -0.15) is 5.10 Å². The molecule has 1 saturated carbocycles. The van der Waals surface area contributed by atoms with Gasteiger partial charge >= 0.3 is 0 Å². The molecule has 2 atom stereocenters. The summed E-state index contributed by atoms with van der Waals surface area (Å²) >= 11 is 0. The van der Waals surface area contributed by atoms with Gasteiger partial charge in [-0.25, -0.2) is 0 Å². The molecule has 1 N–H and O–H groups in total. The smallest absolute Gasteiger partial charge is 0.0672 e. The van der Waals surface area contributed by atoms with Crippen LogP contribution in [0.3, 0.4) is 0 Å². The molecule has 0 saturated heterocycles. The molecule has 1 heterocycles. The Morgan fingerprint density at radius 1 is 1.53 bits per heavy atom. The van der Waals surface area contributed by atoms with Gasteiger partial charge in [0.05, 0.1) is 11.7 Å². The largest absolute Gasteiger partial charge is 0.312 e. The van der Waals surface area contributed by atoms with Crippen molar-refractivity contribution in [1.82, 2.24) is 15.1 Å². The van der Waals surface area contributed by atoms with Crippen LogP contribution in [0.15, 0.2) is 12.3 Å². The molecule has 3 nitrogen and oxygen atoms in total. The standard InChI is InChI=1S/C12H21N3/c1-3-8-13-11-5-4-6-12(11)15-9-7-10(2)14-15/h7,9,11-13H,3-6,8H2,1-2H3. The zero-order chi connectivity index (χ0) is 10.7. The number of rotatable bonds is 4. The molecule has 2 unspecified atom stereocenters. The molecule has 15 heavy (non-hydrogen) atoms. The van der Waals surface area contributed by atoms with E-state index in [2.05, 4.69) is 41.2 Å². The maximum absolute atomic E-state index is 4.53. The van der Waals surface area contributed by atoms with Crippen molar-refractivity contribution in [2.24, 2.45) is 0 Å². The van der Waals surface area contributed by atoms with E-state index in [0.717, 1.165) is 12.2 Å². The van der Waals surface area contributed by atoms with E-state index in [1.807, 2.05) is 0 Å². The van der Waals surface area contributed by atoms with E-state index < -0.39 is 0 Å². The summed E-state index contributed by atoms with van der Waals surface area (Å²) in [5.74, 6) is 0. The SMILES string of the molecule is CCCNC1CCCC1n1ccc(C)n1. The molecule has 0 aliphatic heterocycles. The van der Waals surface area contributed by atoms with Gasteiger partial charge in [0, 0.05) is 12.2 Å². The molecule has 1 aliphatic carbocycles. The van der Waals surface area contributed by atoms with Gasteiger partial charge in [-0.15, -0.1) is 0 Å². The normalized spacial score (nSPS) is 26.0. The van der Waals surface area contributed by atoms with Gasteiger partial charge in [-0.3, -0.25) is 4.68 Å². The molecule has 0 aromatic carbocycles. The minimum atomic E-state index is 0.574. The van der Waals surface area contributed by atoms with Crippen molar-refractivity contribution in [3.05, 3.63) is 18.0 Å². The van der Waals surface area contributed by atoms with Crippen LogP contribution in [0.2, 0.25) is 0 Å². The summed E-state index contributed by atoms with van der Waals surface area (Å²) in [4.78, 5) is 0. The Bertz CT molecular complexity index is 306. The van der Waals surface area contributed by atoms with E-state index in [1.165, 1.54) is 25.7 Å². The van der Waals surface area contributed by atoms with Gasteiger partial charge in [0.1, 0.15) is 0 Å². The van der Waals surface area contributed by atoms with Crippen LogP contribution in [-0.2, 0) is 0 Å². The van der Waals surface area contributed by atoms with E-state index in [9.17, 15) is 0 Å². The summed E-state index contributed by atoms with van der Waals surface area (Å²) in [6, 6.07) is 3.30. The predicted molar refractivity (Wildman–Crippen MR) is 61.9 cm³/mol. The average molecular weight is 207 g/mol. The number of nitrogens with one attached hydrogen (secondary N) is 1.